The predicted octanol–water partition coefficient (Wildman–Crippen LogP) is 1.20. The number of aliphatic hydroxyl groups is 1. The van der Waals surface area contributed by atoms with E-state index < -0.39 is 6.10 Å². The summed E-state index contributed by atoms with van der Waals surface area (Å²) in [5.74, 6) is 1.19. The van der Waals surface area contributed by atoms with Crippen molar-refractivity contribution < 1.29 is 14.9 Å². The SMILES string of the molecule is CN1CC[C@]23c4c5ccc(O)c4O[C@H]2[C@@H](O)C=CC3[C@H]1C5. The number of phenols is 1. The predicted molar refractivity (Wildman–Crippen MR) is 77.6 cm³/mol. The van der Waals surface area contributed by atoms with Gasteiger partial charge in [-0.05, 0) is 38.1 Å². The fourth-order valence-electron chi connectivity index (χ4n) is 5.24. The van der Waals surface area contributed by atoms with Gasteiger partial charge in [-0.25, -0.2) is 0 Å². The van der Waals surface area contributed by atoms with Gasteiger partial charge in [0.1, 0.15) is 12.2 Å². The summed E-state index contributed by atoms with van der Waals surface area (Å²) in [7, 11) is 2.19. The molecule has 4 nitrogen and oxygen atoms in total. The summed E-state index contributed by atoms with van der Waals surface area (Å²) in [6, 6.07) is 4.23. The number of likely N-dealkylation sites (N-methyl/N-ethyl adjacent to an activating group) is 1. The van der Waals surface area contributed by atoms with E-state index in [-0.39, 0.29) is 17.3 Å². The van der Waals surface area contributed by atoms with Crippen LogP contribution in [-0.2, 0) is 11.8 Å². The van der Waals surface area contributed by atoms with Gasteiger partial charge < -0.3 is 19.8 Å². The molecule has 1 unspecified atom stereocenters. The molecule has 0 aromatic heterocycles. The number of aromatic hydroxyl groups is 1. The van der Waals surface area contributed by atoms with Gasteiger partial charge in [0, 0.05) is 22.9 Å². The first kappa shape index (κ1) is 12.1. The number of ether oxygens (including phenoxy) is 1. The lowest BCUT2D eigenvalue weighted by molar-refractivity contribution is -0.0453. The van der Waals surface area contributed by atoms with Crippen LogP contribution in [0.1, 0.15) is 17.5 Å². The molecule has 4 heteroatoms. The van der Waals surface area contributed by atoms with Crippen molar-refractivity contribution in [3.05, 3.63) is 35.4 Å². The highest BCUT2D eigenvalue weighted by Gasteiger charge is 2.64. The summed E-state index contributed by atoms with van der Waals surface area (Å²) >= 11 is 0. The van der Waals surface area contributed by atoms with Crippen molar-refractivity contribution >= 4 is 0 Å². The van der Waals surface area contributed by atoms with Gasteiger partial charge in [-0.3, -0.25) is 0 Å². The second kappa shape index (κ2) is 3.62. The van der Waals surface area contributed by atoms with Crippen molar-refractivity contribution in [3.8, 4) is 11.5 Å². The lowest BCUT2D eigenvalue weighted by atomic mass is 9.53. The van der Waals surface area contributed by atoms with Gasteiger partial charge >= 0.3 is 0 Å². The van der Waals surface area contributed by atoms with Gasteiger partial charge in [-0.1, -0.05) is 18.2 Å². The largest absolute Gasteiger partial charge is 0.504 e. The Morgan fingerprint density at radius 1 is 1.33 bits per heavy atom. The Labute approximate surface area is 123 Å². The van der Waals surface area contributed by atoms with Gasteiger partial charge in [0.2, 0.25) is 0 Å². The third kappa shape index (κ3) is 1.21. The first-order valence-electron chi connectivity index (χ1n) is 7.71. The minimum atomic E-state index is -0.594. The van der Waals surface area contributed by atoms with Crippen LogP contribution in [0.2, 0.25) is 0 Å². The fraction of sp³-hybridized carbons (Fsp3) is 0.529. The summed E-state index contributed by atoms with van der Waals surface area (Å²) in [6.45, 7) is 1.01. The lowest BCUT2D eigenvalue weighted by Gasteiger charge is -2.56. The molecule has 2 bridgehead atoms. The number of likely N-dealkylation sites (tertiary alicyclic amines) is 1. The number of phenolic OH excluding ortho intramolecular Hbond substituents is 1. The van der Waals surface area contributed by atoms with Crippen molar-refractivity contribution in [2.45, 2.75) is 36.5 Å². The summed E-state index contributed by atoms with van der Waals surface area (Å²) in [6.07, 6.45) is 5.18. The molecule has 5 atom stereocenters. The quantitative estimate of drug-likeness (QED) is 0.703. The number of nitrogens with zero attached hydrogens (tertiary/aromatic N) is 1. The molecular formula is C17H19NO3. The third-order valence-electron chi connectivity index (χ3n) is 6.15. The van der Waals surface area contributed by atoms with Crippen LogP contribution >= 0.6 is 0 Å². The third-order valence-corrected chi connectivity index (χ3v) is 6.15. The van der Waals surface area contributed by atoms with Gasteiger partial charge in [0.25, 0.3) is 0 Å². The van der Waals surface area contributed by atoms with E-state index in [1.165, 1.54) is 11.1 Å². The molecule has 0 amide bonds. The molecule has 2 aliphatic heterocycles. The van der Waals surface area contributed by atoms with Gasteiger partial charge in [-0.2, -0.15) is 0 Å². The number of aliphatic hydroxyl groups excluding tert-OH is 1. The van der Waals surface area contributed by atoms with Gasteiger partial charge in [0.05, 0.1) is 0 Å². The highest BCUT2D eigenvalue weighted by Crippen LogP contribution is 2.62. The van der Waals surface area contributed by atoms with E-state index in [9.17, 15) is 10.2 Å². The molecule has 1 saturated heterocycles. The summed E-state index contributed by atoms with van der Waals surface area (Å²) in [5, 5.41) is 20.6. The standard InChI is InChI=1S/C17H19NO3/c1-18-7-6-17-10-3-5-13(20)16(17)21-15-12(19)4-2-9(14(15)17)8-11(10)18/h2-5,10-11,13,16,19-20H,6-8H2,1H3/t10?,11-,13+,16+,17+/m1/s1. The molecule has 0 radical (unpaired) electrons. The van der Waals surface area contributed by atoms with Crippen molar-refractivity contribution in [3.63, 3.8) is 0 Å². The minimum absolute atomic E-state index is 0.160. The Hall–Kier alpha value is -1.52. The number of rotatable bonds is 0. The summed E-state index contributed by atoms with van der Waals surface area (Å²) in [4.78, 5) is 2.43. The van der Waals surface area contributed by atoms with E-state index >= 15 is 0 Å². The topological polar surface area (TPSA) is 52.9 Å². The normalized spacial score (nSPS) is 42.6. The van der Waals surface area contributed by atoms with E-state index in [1.54, 1.807) is 6.07 Å². The van der Waals surface area contributed by atoms with Crippen molar-refractivity contribution in [1.29, 1.82) is 0 Å². The van der Waals surface area contributed by atoms with E-state index in [4.69, 9.17) is 4.74 Å². The van der Waals surface area contributed by atoms with Crippen molar-refractivity contribution in [2.24, 2.45) is 5.92 Å². The molecule has 1 aromatic rings. The van der Waals surface area contributed by atoms with E-state index in [0.717, 1.165) is 19.4 Å². The highest BCUT2D eigenvalue weighted by atomic mass is 16.5. The molecular weight excluding hydrogens is 266 g/mol. The van der Waals surface area contributed by atoms with E-state index in [1.807, 2.05) is 12.1 Å². The number of benzene rings is 1. The smallest absolute Gasteiger partial charge is 0.165 e. The molecule has 1 spiro atoms. The maximum atomic E-state index is 10.4. The number of hydrogen-bond acceptors (Lipinski definition) is 4. The molecule has 2 aliphatic carbocycles. The van der Waals surface area contributed by atoms with Crippen molar-refractivity contribution in [1.82, 2.24) is 4.90 Å². The maximum Gasteiger partial charge on any atom is 0.165 e. The minimum Gasteiger partial charge on any atom is -0.504 e. The molecule has 0 saturated carbocycles. The Morgan fingerprint density at radius 3 is 3.05 bits per heavy atom. The molecule has 2 heterocycles. The molecule has 2 N–H and O–H groups in total. The van der Waals surface area contributed by atoms with Crippen LogP contribution in [0.25, 0.3) is 0 Å². The first-order valence-corrected chi connectivity index (χ1v) is 7.71. The summed E-state index contributed by atoms with van der Waals surface area (Å²) < 4.78 is 6.09. The Morgan fingerprint density at radius 2 is 2.19 bits per heavy atom. The second-order valence-corrected chi connectivity index (χ2v) is 6.93. The van der Waals surface area contributed by atoms with Gasteiger partial charge in [-0.15, -0.1) is 0 Å². The van der Waals surface area contributed by atoms with Crippen LogP contribution in [0.5, 0.6) is 11.5 Å². The maximum absolute atomic E-state index is 10.4. The van der Waals surface area contributed by atoms with Crippen LogP contribution in [0.4, 0.5) is 0 Å². The van der Waals surface area contributed by atoms with Crippen LogP contribution in [0.15, 0.2) is 24.3 Å². The molecule has 4 aliphatic rings. The molecule has 21 heavy (non-hydrogen) atoms. The average Bonchev–Trinajstić information content (AvgIpc) is 2.83. The van der Waals surface area contributed by atoms with E-state index in [0.29, 0.717) is 17.7 Å². The Kier molecular flexibility index (Phi) is 2.08. The molecule has 110 valence electrons. The first-order chi connectivity index (χ1) is 10.1. The monoisotopic (exact) mass is 285 g/mol. The van der Waals surface area contributed by atoms with Crippen molar-refractivity contribution in [2.75, 3.05) is 13.6 Å². The Balaban J connectivity index is 1.84. The zero-order chi connectivity index (χ0) is 14.4. The molecule has 1 aromatic carbocycles. The van der Waals surface area contributed by atoms with Crippen LogP contribution in [0.3, 0.4) is 0 Å². The lowest BCUT2D eigenvalue weighted by Crippen LogP contribution is -2.64. The Bertz CT molecular complexity index is 670. The molecule has 1 fully saturated rings. The van der Waals surface area contributed by atoms with Gasteiger partial charge in [0.15, 0.2) is 11.5 Å². The number of piperidine rings is 1. The fourth-order valence-corrected chi connectivity index (χ4v) is 5.24. The van der Waals surface area contributed by atoms with Crippen LogP contribution in [0, 0.1) is 5.92 Å². The highest BCUT2D eigenvalue weighted by molar-refractivity contribution is 5.61. The van der Waals surface area contributed by atoms with E-state index in [2.05, 4.69) is 18.0 Å². The molecule has 5 rings (SSSR count). The second-order valence-electron chi connectivity index (χ2n) is 6.93. The zero-order valence-electron chi connectivity index (χ0n) is 12.0. The van der Waals surface area contributed by atoms with Crippen LogP contribution < -0.4 is 4.74 Å². The summed E-state index contributed by atoms with van der Waals surface area (Å²) in [5.41, 5.74) is 2.29. The van der Waals surface area contributed by atoms with Crippen LogP contribution in [-0.4, -0.2) is 47.0 Å². The average molecular weight is 285 g/mol. The number of hydrogen-bond donors (Lipinski definition) is 2. The zero-order valence-corrected chi connectivity index (χ0v) is 12.0.